The zero-order valence-electron chi connectivity index (χ0n) is 18.0. The summed E-state index contributed by atoms with van der Waals surface area (Å²) in [4.78, 5) is 48.4. The molecule has 2 aromatic rings. The zero-order chi connectivity index (χ0) is 25.2. The number of hydrogen-bond donors (Lipinski definition) is 3. The number of benzene rings is 1. The molecule has 1 aromatic heterocycles. The highest BCUT2D eigenvalue weighted by atomic mass is 127. The standard InChI is InChI=1S/C20H22IN3O10/c1-9-7-23(19(28)22-17(9)26)15-6-14(25)16(33-15)18(27)34-20(29)32-8-10(2)12-5-11(21)3-4-13(12)24(30)31/h3-5,7,10,14-16,18,25,27H,6,8H2,1-2H3,(H,22,26,28)/t10?,14?,15-,16+,18?/m1/s1. The van der Waals surface area contributed by atoms with Gasteiger partial charge in [0.1, 0.15) is 18.9 Å². The number of nitro groups is 1. The van der Waals surface area contributed by atoms with Gasteiger partial charge in [-0.2, -0.15) is 0 Å². The number of nitrogens with one attached hydrogen (secondary N) is 1. The first-order valence-electron chi connectivity index (χ1n) is 10.1. The number of aromatic amines is 1. The van der Waals surface area contributed by atoms with Crippen molar-refractivity contribution in [3.05, 3.63) is 70.0 Å². The van der Waals surface area contributed by atoms with E-state index in [1.54, 1.807) is 19.1 Å². The van der Waals surface area contributed by atoms with Crippen molar-refractivity contribution >= 4 is 34.4 Å². The van der Waals surface area contributed by atoms with Crippen molar-refractivity contribution in [1.82, 2.24) is 9.55 Å². The number of nitrogens with zero attached hydrogens (tertiary/aromatic N) is 2. The molecule has 3 unspecified atom stereocenters. The number of halogens is 1. The summed E-state index contributed by atoms with van der Waals surface area (Å²) >= 11 is 2.01. The van der Waals surface area contributed by atoms with E-state index in [0.717, 1.165) is 8.14 Å². The van der Waals surface area contributed by atoms with E-state index in [9.17, 15) is 34.7 Å². The first kappa shape index (κ1) is 25.8. The summed E-state index contributed by atoms with van der Waals surface area (Å²) in [6, 6.07) is 4.55. The number of carbonyl (C=O) groups excluding carboxylic acids is 1. The van der Waals surface area contributed by atoms with Crippen molar-refractivity contribution in [1.29, 1.82) is 0 Å². The molecule has 5 atom stereocenters. The van der Waals surface area contributed by atoms with E-state index in [1.165, 1.54) is 19.2 Å². The van der Waals surface area contributed by atoms with Gasteiger partial charge in [0, 0.05) is 39.3 Å². The molecule has 0 spiro atoms. The highest BCUT2D eigenvalue weighted by Gasteiger charge is 2.42. The van der Waals surface area contributed by atoms with Gasteiger partial charge in [0.2, 0.25) is 6.29 Å². The molecule has 0 bridgehead atoms. The van der Waals surface area contributed by atoms with Gasteiger partial charge in [-0.15, -0.1) is 0 Å². The van der Waals surface area contributed by atoms with E-state index in [2.05, 4.69) is 4.98 Å². The van der Waals surface area contributed by atoms with E-state index in [1.807, 2.05) is 22.6 Å². The second-order valence-electron chi connectivity index (χ2n) is 7.77. The Balaban J connectivity index is 1.59. The van der Waals surface area contributed by atoms with E-state index in [4.69, 9.17) is 14.2 Å². The molecule has 1 fully saturated rings. The number of aliphatic hydroxyl groups is 2. The molecule has 0 amide bonds. The fraction of sp³-hybridized carbons (Fsp3) is 0.450. The maximum absolute atomic E-state index is 12.1. The highest BCUT2D eigenvalue weighted by Crippen LogP contribution is 2.31. The number of carbonyl (C=O) groups is 1. The number of rotatable bonds is 7. The van der Waals surface area contributed by atoms with Crippen molar-refractivity contribution in [3.8, 4) is 0 Å². The Bertz CT molecular complexity index is 1200. The molecule has 1 aliphatic rings. The van der Waals surface area contributed by atoms with Gasteiger partial charge in [-0.3, -0.25) is 24.5 Å². The molecule has 184 valence electrons. The van der Waals surface area contributed by atoms with Crippen LogP contribution >= 0.6 is 22.6 Å². The molecule has 2 heterocycles. The van der Waals surface area contributed by atoms with Gasteiger partial charge in [0.25, 0.3) is 11.2 Å². The molecule has 0 aliphatic carbocycles. The second-order valence-corrected chi connectivity index (χ2v) is 9.01. The number of hydrogen-bond acceptors (Lipinski definition) is 10. The topological polar surface area (TPSA) is 183 Å². The van der Waals surface area contributed by atoms with Crippen LogP contribution in [-0.2, 0) is 14.2 Å². The van der Waals surface area contributed by atoms with Crippen LogP contribution in [0.1, 0.15) is 36.6 Å². The Kier molecular flexibility index (Phi) is 8.06. The molecule has 0 radical (unpaired) electrons. The molecule has 0 saturated carbocycles. The Labute approximate surface area is 205 Å². The van der Waals surface area contributed by atoms with Crippen molar-refractivity contribution in [3.63, 3.8) is 0 Å². The molecule has 1 saturated heterocycles. The number of aromatic nitrogens is 2. The monoisotopic (exact) mass is 591 g/mol. The van der Waals surface area contributed by atoms with Crippen LogP contribution in [-0.4, -0.2) is 55.9 Å². The van der Waals surface area contributed by atoms with E-state index in [0.29, 0.717) is 5.56 Å². The van der Waals surface area contributed by atoms with Gasteiger partial charge in [-0.05, 0) is 41.6 Å². The second kappa shape index (κ2) is 10.6. The number of H-pyrrole nitrogens is 1. The Morgan fingerprint density at radius 1 is 1.44 bits per heavy atom. The van der Waals surface area contributed by atoms with E-state index in [-0.39, 0.29) is 24.3 Å². The van der Waals surface area contributed by atoms with Gasteiger partial charge in [0.15, 0.2) is 0 Å². The minimum atomic E-state index is -1.92. The van der Waals surface area contributed by atoms with Gasteiger partial charge >= 0.3 is 11.8 Å². The zero-order valence-corrected chi connectivity index (χ0v) is 20.2. The fourth-order valence-corrected chi connectivity index (χ4v) is 3.99. The first-order valence-corrected chi connectivity index (χ1v) is 11.2. The Morgan fingerprint density at radius 3 is 2.82 bits per heavy atom. The van der Waals surface area contributed by atoms with Crippen molar-refractivity contribution in [2.45, 2.75) is 50.9 Å². The lowest BCUT2D eigenvalue weighted by atomic mass is 10.0. The predicted octanol–water partition coefficient (Wildman–Crippen LogP) is 1.28. The highest BCUT2D eigenvalue weighted by molar-refractivity contribution is 14.1. The molecule has 1 aromatic carbocycles. The number of ether oxygens (including phenoxy) is 3. The molecule has 1 aliphatic heterocycles. The molecule has 14 heteroatoms. The molecule has 13 nitrogen and oxygen atoms in total. The van der Waals surface area contributed by atoms with E-state index >= 15 is 0 Å². The Hall–Kier alpha value is -2.82. The third kappa shape index (κ3) is 5.81. The number of aliphatic hydroxyl groups excluding tert-OH is 2. The van der Waals surface area contributed by atoms with Gasteiger partial charge in [0.05, 0.1) is 11.0 Å². The molecular weight excluding hydrogens is 569 g/mol. The van der Waals surface area contributed by atoms with Crippen LogP contribution in [0.2, 0.25) is 0 Å². The summed E-state index contributed by atoms with van der Waals surface area (Å²) in [6.07, 6.45) is -5.74. The summed E-state index contributed by atoms with van der Waals surface area (Å²) in [5.74, 6) is -0.548. The third-order valence-corrected chi connectivity index (χ3v) is 5.93. The lowest BCUT2D eigenvalue weighted by Gasteiger charge is -2.21. The number of nitro benzene ring substituents is 1. The van der Waals surface area contributed by atoms with Crippen molar-refractivity contribution in [2.75, 3.05) is 6.61 Å². The number of aryl methyl sites for hydroxylation is 1. The minimum absolute atomic E-state index is 0.112. The first-order chi connectivity index (χ1) is 16.0. The van der Waals surface area contributed by atoms with Gasteiger partial charge in [-0.1, -0.05) is 6.92 Å². The lowest BCUT2D eigenvalue weighted by molar-refractivity contribution is -0.385. The molecule has 3 rings (SSSR count). The summed E-state index contributed by atoms with van der Waals surface area (Å²) in [5, 5.41) is 31.7. The smallest absolute Gasteiger partial charge is 0.434 e. The van der Waals surface area contributed by atoms with Crippen molar-refractivity contribution in [2.24, 2.45) is 0 Å². The summed E-state index contributed by atoms with van der Waals surface area (Å²) in [6.45, 7) is 2.84. The maximum atomic E-state index is 12.1. The van der Waals surface area contributed by atoms with Crippen LogP contribution in [0.3, 0.4) is 0 Å². The third-order valence-electron chi connectivity index (χ3n) is 5.26. The van der Waals surface area contributed by atoms with Crippen LogP contribution in [0, 0.1) is 20.6 Å². The normalized spacial score (nSPS) is 21.6. The SMILES string of the molecule is Cc1cn([C@H]2CC(O)[C@@H](C(O)OC(=O)OCC(C)c3cc(I)ccc3[N+](=O)[O-])O2)c(=O)[nH]c1=O. The van der Waals surface area contributed by atoms with Crippen LogP contribution in [0.4, 0.5) is 10.5 Å². The molecule has 34 heavy (non-hydrogen) atoms. The van der Waals surface area contributed by atoms with E-state index < -0.39 is 53.0 Å². The van der Waals surface area contributed by atoms with Crippen LogP contribution in [0.25, 0.3) is 0 Å². The fourth-order valence-electron chi connectivity index (χ4n) is 3.47. The summed E-state index contributed by atoms with van der Waals surface area (Å²) in [5.41, 5.74) is -0.839. The minimum Gasteiger partial charge on any atom is -0.434 e. The lowest BCUT2D eigenvalue weighted by Crippen LogP contribution is -2.38. The molecule has 3 N–H and O–H groups in total. The van der Waals surface area contributed by atoms with Gasteiger partial charge < -0.3 is 24.4 Å². The maximum Gasteiger partial charge on any atom is 0.510 e. The summed E-state index contributed by atoms with van der Waals surface area (Å²) < 4.78 is 17.1. The largest absolute Gasteiger partial charge is 0.510 e. The quantitative estimate of drug-likeness (QED) is 0.139. The predicted molar refractivity (Wildman–Crippen MR) is 123 cm³/mol. The average molecular weight is 591 g/mol. The Morgan fingerprint density at radius 2 is 2.15 bits per heavy atom. The van der Waals surface area contributed by atoms with Crippen LogP contribution in [0.15, 0.2) is 34.0 Å². The van der Waals surface area contributed by atoms with Crippen LogP contribution in [0.5, 0.6) is 0 Å². The van der Waals surface area contributed by atoms with Crippen molar-refractivity contribution < 1.29 is 34.1 Å². The summed E-state index contributed by atoms with van der Waals surface area (Å²) in [7, 11) is 0. The van der Waals surface area contributed by atoms with Crippen LogP contribution < -0.4 is 11.2 Å². The van der Waals surface area contributed by atoms with Gasteiger partial charge in [-0.25, -0.2) is 9.59 Å². The molecular formula is C20H22IN3O10. The average Bonchev–Trinajstić information content (AvgIpc) is 3.15.